The van der Waals surface area contributed by atoms with Gasteiger partial charge in [-0.1, -0.05) is 26.7 Å². The second kappa shape index (κ2) is 9.10. The normalized spacial score (nSPS) is 10.5. The molecule has 118 valence electrons. The number of carbonyl (C=O) groups is 1. The number of hydrogen-bond donors (Lipinski definition) is 1. The van der Waals surface area contributed by atoms with Gasteiger partial charge in [-0.3, -0.25) is 0 Å². The maximum Gasteiger partial charge on any atom is 0.513 e. The third-order valence-corrected chi connectivity index (χ3v) is 3.18. The van der Waals surface area contributed by atoms with Crippen LogP contribution in [0.4, 0.5) is 4.79 Å². The maximum absolute atomic E-state index is 11.6. The Hall–Kier alpha value is -1.91. The van der Waals surface area contributed by atoms with E-state index in [1.54, 1.807) is 0 Å². The zero-order valence-electron chi connectivity index (χ0n) is 12.9. The zero-order valence-corrected chi connectivity index (χ0v) is 12.9. The fraction of sp³-hybridized carbons (Fsp3) is 0.562. The van der Waals surface area contributed by atoms with Crippen LogP contribution in [0, 0.1) is 5.92 Å². The average Bonchev–Trinajstić information content (AvgIpc) is 2.45. The number of methoxy groups -OCH3 is 1. The summed E-state index contributed by atoms with van der Waals surface area (Å²) in [5, 5.41) is 9.61. The van der Waals surface area contributed by atoms with E-state index < -0.39 is 6.16 Å². The second-order valence-electron chi connectivity index (χ2n) is 4.94. The number of rotatable bonds is 8. The number of ether oxygens (including phenoxy) is 3. The smallest absolute Gasteiger partial charge is 0.504 e. The lowest BCUT2D eigenvalue weighted by Crippen LogP contribution is -2.17. The van der Waals surface area contributed by atoms with Crippen molar-refractivity contribution in [3.63, 3.8) is 0 Å². The minimum absolute atomic E-state index is 0.0855. The monoisotopic (exact) mass is 296 g/mol. The summed E-state index contributed by atoms with van der Waals surface area (Å²) in [4.78, 5) is 11.6. The van der Waals surface area contributed by atoms with Gasteiger partial charge in [-0.15, -0.1) is 0 Å². The third kappa shape index (κ3) is 5.94. The zero-order chi connectivity index (χ0) is 15.7. The van der Waals surface area contributed by atoms with Gasteiger partial charge >= 0.3 is 6.16 Å². The second-order valence-corrected chi connectivity index (χ2v) is 4.94. The van der Waals surface area contributed by atoms with Crippen LogP contribution in [-0.4, -0.2) is 25.0 Å². The average molecular weight is 296 g/mol. The van der Waals surface area contributed by atoms with Crippen LogP contribution in [-0.2, 0) is 4.74 Å². The number of hydrogen-bond acceptors (Lipinski definition) is 5. The van der Waals surface area contributed by atoms with Gasteiger partial charge in [0.25, 0.3) is 0 Å². The Morgan fingerprint density at radius 2 is 1.90 bits per heavy atom. The van der Waals surface area contributed by atoms with E-state index in [-0.39, 0.29) is 11.5 Å². The molecule has 0 aromatic heterocycles. The molecule has 0 fully saturated rings. The standard InChI is InChI=1S/C16H24O5/c1-4-6-12(7-5-2)11-20-16(18)21-13-8-9-15(19-3)14(17)10-13/h8-10,12,17H,4-7,11H2,1-3H3. The molecule has 21 heavy (non-hydrogen) atoms. The SMILES string of the molecule is CCCC(CCC)COC(=O)Oc1ccc(OC)c(O)c1. The highest BCUT2D eigenvalue weighted by atomic mass is 16.7. The Morgan fingerprint density at radius 3 is 2.43 bits per heavy atom. The van der Waals surface area contributed by atoms with Gasteiger partial charge in [-0.2, -0.15) is 0 Å². The van der Waals surface area contributed by atoms with Gasteiger partial charge in [0.2, 0.25) is 0 Å². The Bertz CT molecular complexity index is 438. The first-order valence-corrected chi connectivity index (χ1v) is 7.32. The van der Waals surface area contributed by atoms with E-state index >= 15 is 0 Å². The quantitative estimate of drug-likeness (QED) is 0.577. The molecule has 0 amide bonds. The molecule has 5 heteroatoms. The Kier molecular flexibility index (Phi) is 7.43. The number of carbonyl (C=O) groups excluding carboxylic acids is 1. The fourth-order valence-electron chi connectivity index (χ4n) is 2.17. The Labute approximate surface area is 125 Å². The summed E-state index contributed by atoms with van der Waals surface area (Å²) in [6.07, 6.45) is 3.44. The predicted octanol–water partition coefficient (Wildman–Crippen LogP) is 4.13. The van der Waals surface area contributed by atoms with Crippen LogP contribution < -0.4 is 9.47 Å². The van der Waals surface area contributed by atoms with Crippen LogP contribution >= 0.6 is 0 Å². The van der Waals surface area contributed by atoms with Crippen molar-refractivity contribution in [2.75, 3.05) is 13.7 Å². The van der Waals surface area contributed by atoms with E-state index in [9.17, 15) is 9.90 Å². The highest BCUT2D eigenvalue weighted by Gasteiger charge is 2.13. The molecule has 0 bridgehead atoms. The number of aromatic hydroxyl groups is 1. The molecule has 0 atom stereocenters. The van der Waals surface area contributed by atoms with E-state index in [4.69, 9.17) is 14.2 Å². The van der Waals surface area contributed by atoms with E-state index in [0.29, 0.717) is 18.3 Å². The van der Waals surface area contributed by atoms with Crippen molar-refractivity contribution >= 4 is 6.16 Å². The van der Waals surface area contributed by atoms with Crippen LogP contribution in [0.15, 0.2) is 18.2 Å². The first-order valence-electron chi connectivity index (χ1n) is 7.32. The lowest BCUT2D eigenvalue weighted by Gasteiger charge is -2.15. The first kappa shape index (κ1) is 17.1. The maximum atomic E-state index is 11.6. The first-order chi connectivity index (χ1) is 10.1. The molecule has 1 aromatic carbocycles. The summed E-state index contributed by atoms with van der Waals surface area (Å²) >= 11 is 0. The van der Waals surface area contributed by atoms with E-state index in [2.05, 4.69) is 13.8 Å². The van der Waals surface area contributed by atoms with Gasteiger partial charge in [0.05, 0.1) is 13.7 Å². The van der Waals surface area contributed by atoms with Crippen molar-refractivity contribution in [3.8, 4) is 17.2 Å². The van der Waals surface area contributed by atoms with Gasteiger partial charge in [0.15, 0.2) is 11.5 Å². The van der Waals surface area contributed by atoms with E-state index in [0.717, 1.165) is 25.7 Å². The topological polar surface area (TPSA) is 65.0 Å². The van der Waals surface area contributed by atoms with Crippen molar-refractivity contribution in [2.45, 2.75) is 39.5 Å². The van der Waals surface area contributed by atoms with E-state index in [1.165, 1.54) is 25.3 Å². The molecule has 0 aliphatic heterocycles. The number of phenolic OH excluding ortho intramolecular Hbond substituents is 1. The van der Waals surface area contributed by atoms with Crippen molar-refractivity contribution in [2.24, 2.45) is 5.92 Å². The van der Waals surface area contributed by atoms with Crippen LogP contribution in [0.1, 0.15) is 39.5 Å². The largest absolute Gasteiger partial charge is 0.513 e. The minimum Gasteiger partial charge on any atom is -0.504 e. The van der Waals surface area contributed by atoms with Gasteiger partial charge in [0.1, 0.15) is 5.75 Å². The van der Waals surface area contributed by atoms with Crippen molar-refractivity contribution < 1.29 is 24.1 Å². The molecular formula is C16H24O5. The fourth-order valence-corrected chi connectivity index (χ4v) is 2.17. The third-order valence-electron chi connectivity index (χ3n) is 3.18. The summed E-state index contributed by atoms with van der Waals surface area (Å²) in [5.41, 5.74) is 0. The molecule has 5 nitrogen and oxygen atoms in total. The molecule has 0 saturated heterocycles. The predicted molar refractivity (Wildman–Crippen MR) is 79.9 cm³/mol. The van der Waals surface area contributed by atoms with Crippen LogP contribution in [0.25, 0.3) is 0 Å². The molecule has 0 spiro atoms. The highest BCUT2D eigenvalue weighted by Crippen LogP contribution is 2.29. The lowest BCUT2D eigenvalue weighted by molar-refractivity contribution is 0.0803. The molecule has 0 aliphatic rings. The minimum atomic E-state index is -0.753. The highest BCUT2D eigenvalue weighted by molar-refractivity contribution is 5.64. The summed E-state index contributed by atoms with van der Waals surface area (Å²) in [6.45, 7) is 4.59. The van der Waals surface area contributed by atoms with Gasteiger partial charge in [-0.05, 0) is 30.9 Å². The summed E-state index contributed by atoms with van der Waals surface area (Å²) < 4.78 is 15.1. The summed E-state index contributed by atoms with van der Waals surface area (Å²) in [7, 11) is 1.45. The van der Waals surface area contributed by atoms with Crippen LogP contribution in [0.2, 0.25) is 0 Å². The molecular weight excluding hydrogens is 272 g/mol. The molecule has 1 aromatic rings. The molecule has 0 saturated carbocycles. The van der Waals surface area contributed by atoms with Gasteiger partial charge in [0, 0.05) is 6.07 Å². The van der Waals surface area contributed by atoms with Crippen molar-refractivity contribution in [1.82, 2.24) is 0 Å². The molecule has 1 rings (SSSR count). The van der Waals surface area contributed by atoms with Crippen molar-refractivity contribution in [3.05, 3.63) is 18.2 Å². The van der Waals surface area contributed by atoms with Crippen LogP contribution in [0.5, 0.6) is 17.2 Å². The van der Waals surface area contributed by atoms with Crippen molar-refractivity contribution in [1.29, 1.82) is 0 Å². The molecule has 0 heterocycles. The molecule has 0 radical (unpaired) electrons. The van der Waals surface area contributed by atoms with Gasteiger partial charge < -0.3 is 19.3 Å². The molecule has 0 aliphatic carbocycles. The van der Waals surface area contributed by atoms with E-state index in [1.807, 2.05) is 0 Å². The Balaban J connectivity index is 2.47. The lowest BCUT2D eigenvalue weighted by atomic mass is 10.00. The Morgan fingerprint density at radius 1 is 1.24 bits per heavy atom. The molecule has 1 N–H and O–H groups in total. The van der Waals surface area contributed by atoms with Gasteiger partial charge in [-0.25, -0.2) is 4.79 Å². The molecule has 0 unspecified atom stereocenters. The number of benzene rings is 1. The summed E-state index contributed by atoms with van der Waals surface area (Å²) in [6, 6.07) is 4.37. The summed E-state index contributed by atoms with van der Waals surface area (Å²) in [5.74, 6) is 0.831. The number of phenols is 1. The van der Waals surface area contributed by atoms with Crippen LogP contribution in [0.3, 0.4) is 0 Å².